The van der Waals surface area contributed by atoms with Crippen LogP contribution in [0.1, 0.15) is 48.0 Å². The molecule has 3 heterocycles. The van der Waals surface area contributed by atoms with Crippen molar-refractivity contribution in [3.8, 4) is 0 Å². The lowest BCUT2D eigenvalue weighted by atomic mass is 9.99. The van der Waals surface area contributed by atoms with Gasteiger partial charge >= 0.3 is 0 Å². The van der Waals surface area contributed by atoms with Gasteiger partial charge in [0.2, 0.25) is 4.74 Å². The molecule has 0 aliphatic heterocycles. The molecule has 224 valence electrons. The quantitative estimate of drug-likeness (QED) is 0.133. The number of amides is 1. The summed E-state index contributed by atoms with van der Waals surface area (Å²) in [6.45, 7) is 5.45. The second-order valence-electron chi connectivity index (χ2n) is 10.9. The van der Waals surface area contributed by atoms with Crippen LogP contribution in [-0.4, -0.2) is 41.2 Å². The van der Waals surface area contributed by atoms with Crippen molar-refractivity contribution >= 4 is 45.1 Å². The third kappa shape index (κ3) is 8.05. The topological polar surface area (TPSA) is 141 Å². The number of pyridine rings is 1. The molecule has 0 saturated carbocycles. The number of aliphatic hydroxyl groups is 1. The number of carbonyl (C=O) groups excluding carboxylic acids is 1. The summed E-state index contributed by atoms with van der Waals surface area (Å²) >= 11 is 0.992. The van der Waals surface area contributed by atoms with Crippen LogP contribution in [0.25, 0.3) is 11.0 Å². The molecular formula is C31H34N6O4S2. The highest BCUT2D eigenvalue weighted by molar-refractivity contribution is 7.86. The van der Waals surface area contributed by atoms with Crippen LogP contribution in [0.15, 0.2) is 94.9 Å². The van der Waals surface area contributed by atoms with Crippen LogP contribution in [0, 0.1) is 0 Å². The van der Waals surface area contributed by atoms with Gasteiger partial charge in [-0.15, -0.1) is 0 Å². The van der Waals surface area contributed by atoms with Gasteiger partial charge in [-0.3, -0.25) is 9.59 Å². The number of carbonyl (C=O) groups is 1. The van der Waals surface area contributed by atoms with E-state index in [-0.39, 0.29) is 22.7 Å². The normalized spacial score (nSPS) is 13.1. The van der Waals surface area contributed by atoms with Gasteiger partial charge < -0.3 is 29.4 Å². The van der Waals surface area contributed by atoms with E-state index in [9.17, 15) is 18.9 Å². The van der Waals surface area contributed by atoms with E-state index in [2.05, 4.69) is 43.1 Å². The molecule has 0 spiro atoms. The molecule has 0 aliphatic rings. The molecule has 1 amide bonds. The number of hydrogen-bond donors (Lipinski definition) is 5. The maximum Gasteiger partial charge on any atom is 0.253 e. The molecule has 5 rings (SSSR count). The van der Waals surface area contributed by atoms with Crippen molar-refractivity contribution in [3.05, 3.63) is 112 Å². The molecule has 2 atom stereocenters. The van der Waals surface area contributed by atoms with Gasteiger partial charge in [0.1, 0.15) is 16.6 Å². The number of fused-ring (bicyclic) bond motifs is 1. The highest BCUT2D eigenvalue weighted by atomic mass is 32.2. The first-order chi connectivity index (χ1) is 20.7. The summed E-state index contributed by atoms with van der Waals surface area (Å²) in [5.41, 5.74) is 3.00. The van der Waals surface area contributed by atoms with Crippen LogP contribution in [-0.2, 0) is 24.1 Å². The number of benzene rings is 2. The number of aryl methyl sites for hydroxylation is 1. The second kappa shape index (κ2) is 13.5. The van der Waals surface area contributed by atoms with Gasteiger partial charge in [-0.25, -0.2) is 9.19 Å². The van der Waals surface area contributed by atoms with Gasteiger partial charge in [0.25, 0.3) is 5.91 Å². The zero-order chi connectivity index (χ0) is 30.4. The average molecular weight is 619 g/mol. The number of aromatic amines is 1. The Hall–Kier alpha value is -4.10. The molecule has 5 N–H and O–H groups in total. The fraction of sp³-hybridized carbons (Fsp3) is 0.258. The van der Waals surface area contributed by atoms with E-state index in [1.54, 1.807) is 18.3 Å². The number of nitrogens with zero attached hydrogens (tertiary/aromatic N) is 2. The minimum absolute atomic E-state index is 0.0829. The first-order valence-electron chi connectivity index (χ1n) is 13.8. The first-order valence-corrected chi connectivity index (χ1v) is 15.8. The van der Waals surface area contributed by atoms with E-state index in [0.29, 0.717) is 34.9 Å². The maximum absolute atomic E-state index is 12.6. The first kappa shape index (κ1) is 30.4. The molecule has 0 fully saturated rings. The van der Waals surface area contributed by atoms with E-state index in [1.807, 2.05) is 60.8 Å². The molecule has 10 nitrogen and oxygen atoms in total. The average Bonchev–Trinajstić information content (AvgIpc) is 3.63. The number of nitrogens with one attached hydrogen (secondary N) is 4. The number of aliphatic hydroxyl groups excluding tert-OH is 1. The molecule has 5 aromatic rings. The summed E-state index contributed by atoms with van der Waals surface area (Å²) in [7, 11) is -1.40. The van der Waals surface area contributed by atoms with Crippen LogP contribution in [0.5, 0.6) is 0 Å². The Bertz CT molecular complexity index is 1780. The van der Waals surface area contributed by atoms with Crippen LogP contribution in [0.3, 0.4) is 0 Å². The van der Waals surface area contributed by atoms with Crippen molar-refractivity contribution < 1.29 is 14.1 Å². The van der Waals surface area contributed by atoms with Crippen molar-refractivity contribution in [2.45, 2.75) is 49.9 Å². The van der Waals surface area contributed by atoms with Crippen LogP contribution >= 0.6 is 11.5 Å². The SMILES string of the molecule is CC(C)(CCn1ccc2cc(C(=O)NCc3cc(=O)s[nH]3)cnc21)NCC(O)c1cccc(NS(=O)c2ccccc2)c1. The van der Waals surface area contributed by atoms with E-state index in [1.165, 1.54) is 6.07 Å². The van der Waals surface area contributed by atoms with Gasteiger partial charge in [0.05, 0.1) is 23.1 Å². The highest BCUT2D eigenvalue weighted by Crippen LogP contribution is 2.22. The largest absolute Gasteiger partial charge is 0.387 e. The summed E-state index contributed by atoms with van der Waals surface area (Å²) in [6.07, 6.45) is 3.54. The van der Waals surface area contributed by atoms with Crippen molar-refractivity contribution in [1.82, 2.24) is 24.6 Å². The van der Waals surface area contributed by atoms with Gasteiger partial charge in [-0.1, -0.05) is 30.3 Å². The summed E-state index contributed by atoms with van der Waals surface area (Å²) in [5.74, 6) is -0.260. The smallest absolute Gasteiger partial charge is 0.253 e. The maximum atomic E-state index is 12.6. The highest BCUT2D eigenvalue weighted by Gasteiger charge is 2.20. The van der Waals surface area contributed by atoms with Crippen molar-refractivity contribution in [2.75, 3.05) is 11.3 Å². The summed E-state index contributed by atoms with van der Waals surface area (Å²) in [5, 5.41) is 18.0. The zero-order valence-electron chi connectivity index (χ0n) is 23.9. The molecule has 12 heteroatoms. The molecule has 0 aliphatic carbocycles. The summed E-state index contributed by atoms with van der Waals surface area (Å²) < 4.78 is 20.5. The number of β-amino-alcohol motifs (C(OH)–C–C–N with tert-alkyl or cyclic N) is 1. The van der Waals surface area contributed by atoms with Crippen molar-refractivity contribution in [3.63, 3.8) is 0 Å². The zero-order valence-corrected chi connectivity index (χ0v) is 25.5. The minimum atomic E-state index is -1.40. The van der Waals surface area contributed by atoms with Gasteiger partial charge in [0, 0.05) is 53.9 Å². The molecule has 0 radical (unpaired) electrons. The Morgan fingerprint density at radius 3 is 2.70 bits per heavy atom. The van der Waals surface area contributed by atoms with Crippen molar-refractivity contribution in [2.24, 2.45) is 0 Å². The lowest BCUT2D eigenvalue weighted by Crippen LogP contribution is -2.42. The number of H-pyrrole nitrogens is 1. The summed E-state index contributed by atoms with van der Waals surface area (Å²) in [6, 6.07) is 21.7. The molecule has 2 aromatic carbocycles. The molecule has 2 unspecified atom stereocenters. The van der Waals surface area contributed by atoms with Crippen LogP contribution in [0.4, 0.5) is 5.69 Å². The molecule has 43 heavy (non-hydrogen) atoms. The van der Waals surface area contributed by atoms with Gasteiger partial charge in [-0.2, -0.15) is 0 Å². The number of rotatable bonds is 13. The lowest BCUT2D eigenvalue weighted by molar-refractivity contribution is 0.0950. The third-order valence-electron chi connectivity index (χ3n) is 7.07. The monoisotopic (exact) mass is 618 g/mol. The Kier molecular flexibility index (Phi) is 9.51. The predicted molar refractivity (Wildman–Crippen MR) is 170 cm³/mol. The standard InChI is InChI=1S/C31H34N6O4S2/c1-31(2,34-20-27(38)21-7-6-8-24(16-21)36-43(41)26-9-4-3-5-10-26)12-14-37-13-11-22-15-23(18-32-29(22)37)30(40)33-19-25-17-28(39)42-35-25/h3-11,13,15-18,27,34-36,38H,12,14,19-20H2,1-2H3,(H,33,40). The fourth-order valence-corrected chi connectivity index (χ4v) is 5.99. The van der Waals surface area contributed by atoms with Crippen LogP contribution < -0.4 is 20.1 Å². The molecule has 3 aromatic heterocycles. The van der Waals surface area contributed by atoms with E-state index >= 15 is 0 Å². The predicted octanol–water partition coefficient (Wildman–Crippen LogP) is 4.34. The Balaban J connectivity index is 1.13. The molecular weight excluding hydrogens is 585 g/mol. The minimum Gasteiger partial charge on any atom is -0.387 e. The second-order valence-corrected chi connectivity index (χ2v) is 12.9. The third-order valence-corrected chi connectivity index (χ3v) is 8.87. The number of anilines is 1. The Morgan fingerprint density at radius 2 is 1.93 bits per heavy atom. The van der Waals surface area contributed by atoms with E-state index < -0.39 is 17.1 Å². The number of aromatic nitrogens is 3. The number of hydrogen-bond acceptors (Lipinski definition) is 7. The fourth-order valence-electron chi connectivity index (χ4n) is 4.56. The van der Waals surface area contributed by atoms with Crippen LogP contribution in [0.2, 0.25) is 0 Å². The van der Waals surface area contributed by atoms with E-state index in [4.69, 9.17) is 0 Å². The lowest BCUT2D eigenvalue weighted by Gasteiger charge is -2.28. The van der Waals surface area contributed by atoms with Gasteiger partial charge in [-0.05, 0) is 73.8 Å². The van der Waals surface area contributed by atoms with E-state index in [0.717, 1.165) is 34.6 Å². The summed E-state index contributed by atoms with van der Waals surface area (Å²) in [4.78, 5) is 29.1. The molecule has 0 saturated heterocycles. The molecule has 0 bridgehead atoms. The Morgan fingerprint density at radius 1 is 1.12 bits per heavy atom. The Labute approximate surface area is 255 Å². The van der Waals surface area contributed by atoms with Crippen molar-refractivity contribution in [1.29, 1.82) is 0 Å². The van der Waals surface area contributed by atoms with Gasteiger partial charge in [0.15, 0.2) is 0 Å².